The van der Waals surface area contributed by atoms with E-state index in [0.29, 0.717) is 19.0 Å². The molecule has 0 saturated carbocycles. The van der Waals surface area contributed by atoms with Gasteiger partial charge in [-0.3, -0.25) is 9.69 Å². The maximum Gasteiger partial charge on any atom is 0.237 e. The van der Waals surface area contributed by atoms with E-state index in [1.165, 1.54) is 6.42 Å². The number of nitrogens with two attached hydrogens (primary N) is 1. The SMILES string of the molecule is CCN1CCCC1CNC(=O)[C@@H](N)Cc1c[nH]c2ccccc12. The standard InChI is InChI=1S/C18H26N4O/c1-2-22-9-5-6-14(22)12-21-18(23)16(19)10-13-11-20-17-8-4-3-7-15(13)17/h3-4,7-8,11,14,16,20H,2,5-6,9-10,12,19H2,1H3,(H,21,23)/t14?,16-/m0/s1. The number of para-hydroxylation sites is 1. The first-order chi connectivity index (χ1) is 11.2. The summed E-state index contributed by atoms with van der Waals surface area (Å²) in [5, 5.41) is 4.18. The second-order valence-corrected chi connectivity index (χ2v) is 6.34. The molecule has 124 valence electrons. The third kappa shape index (κ3) is 3.57. The number of carbonyl (C=O) groups excluding carboxylic acids is 1. The smallest absolute Gasteiger partial charge is 0.237 e. The van der Waals surface area contributed by atoms with Crippen LogP contribution in [0.4, 0.5) is 0 Å². The molecule has 1 unspecified atom stereocenters. The predicted molar refractivity (Wildman–Crippen MR) is 93.3 cm³/mol. The molecule has 1 amide bonds. The molecule has 1 aromatic heterocycles. The van der Waals surface area contributed by atoms with Gasteiger partial charge in [-0.2, -0.15) is 0 Å². The van der Waals surface area contributed by atoms with Crippen LogP contribution >= 0.6 is 0 Å². The number of benzene rings is 1. The number of fused-ring (bicyclic) bond motifs is 1. The molecule has 2 atom stereocenters. The van der Waals surface area contributed by atoms with Crippen molar-refractivity contribution >= 4 is 16.8 Å². The largest absolute Gasteiger partial charge is 0.361 e. The van der Waals surface area contributed by atoms with Crippen molar-refractivity contribution in [2.24, 2.45) is 5.73 Å². The second kappa shape index (κ2) is 7.15. The molecule has 5 heteroatoms. The molecule has 1 aromatic carbocycles. The summed E-state index contributed by atoms with van der Waals surface area (Å²) in [6.45, 7) is 5.05. The number of hydrogen-bond donors (Lipinski definition) is 3. The van der Waals surface area contributed by atoms with E-state index in [4.69, 9.17) is 5.73 Å². The molecule has 1 aliphatic rings. The van der Waals surface area contributed by atoms with Crippen LogP contribution < -0.4 is 11.1 Å². The Bertz CT molecular complexity index is 666. The van der Waals surface area contributed by atoms with E-state index in [9.17, 15) is 4.79 Å². The van der Waals surface area contributed by atoms with Crippen molar-refractivity contribution < 1.29 is 4.79 Å². The van der Waals surface area contributed by atoms with Gasteiger partial charge in [0.1, 0.15) is 0 Å². The van der Waals surface area contributed by atoms with Gasteiger partial charge in [-0.05, 0) is 44.0 Å². The zero-order valence-corrected chi connectivity index (χ0v) is 13.7. The van der Waals surface area contributed by atoms with Crippen molar-refractivity contribution in [3.05, 3.63) is 36.0 Å². The topological polar surface area (TPSA) is 74.2 Å². The van der Waals surface area contributed by atoms with Gasteiger partial charge in [0.15, 0.2) is 0 Å². The van der Waals surface area contributed by atoms with Crippen molar-refractivity contribution in [1.82, 2.24) is 15.2 Å². The first-order valence-electron chi connectivity index (χ1n) is 8.51. The third-order valence-electron chi connectivity index (χ3n) is 4.87. The van der Waals surface area contributed by atoms with Crippen molar-refractivity contribution in [3.63, 3.8) is 0 Å². The van der Waals surface area contributed by atoms with E-state index < -0.39 is 6.04 Å². The minimum Gasteiger partial charge on any atom is -0.361 e. The van der Waals surface area contributed by atoms with Crippen LogP contribution in [0.1, 0.15) is 25.3 Å². The average molecular weight is 314 g/mol. The number of nitrogens with zero attached hydrogens (tertiary/aromatic N) is 1. The minimum absolute atomic E-state index is 0.0572. The highest BCUT2D eigenvalue weighted by molar-refractivity contribution is 5.86. The van der Waals surface area contributed by atoms with E-state index in [1.54, 1.807) is 0 Å². The Morgan fingerprint density at radius 3 is 3.13 bits per heavy atom. The Labute approximate surface area is 137 Å². The lowest BCUT2D eigenvalue weighted by molar-refractivity contribution is -0.122. The number of likely N-dealkylation sites (tertiary alicyclic amines) is 1. The molecule has 1 saturated heterocycles. The predicted octanol–water partition coefficient (Wildman–Crippen LogP) is 1.64. The fraction of sp³-hybridized carbons (Fsp3) is 0.500. The van der Waals surface area contributed by atoms with Gasteiger partial charge >= 0.3 is 0 Å². The fourth-order valence-corrected chi connectivity index (χ4v) is 3.52. The average Bonchev–Trinajstić information content (AvgIpc) is 3.19. The van der Waals surface area contributed by atoms with Crippen LogP contribution in [0.5, 0.6) is 0 Å². The third-order valence-corrected chi connectivity index (χ3v) is 4.87. The quantitative estimate of drug-likeness (QED) is 0.759. The first kappa shape index (κ1) is 16.0. The van der Waals surface area contributed by atoms with Gasteiger partial charge in [-0.1, -0.05) is 25.1 Å². The summed E-state index contributed by atoms with van der Waals surface area (Å²) < 4.78 is 0. The number of nitrogens with one attached hydrogen (secondary N) is 2. The maximum atomic E-state index is 12.3. The summed E-state index contributed by atoms with van der Waals surface area (Å²) in [5.74, 6) is -0.0572. The Morgan fingerprint density at radius 2 is 2.30 bits per heavy atom. The van der Waals surface area contributed by atoms with Crippen LogP contribution in [-0.4, -0.2) is 47.5 Å². The molecular weight excluding hydrogens is 288 g/mol. The Morgan fingerprint density at radius 1 is 1.48 bits per heavy atom. The fourth-order valence-electron chi connectivity index (χ4n) is 3.52. The van der Waals surface area contributed by atoms with Crippen LogP contribution in [0.25, 0.3) is 10.9 Å². The lowest BCUT2D eigenvalue weighted by Gasteiger charge is -2.23. The summed E-state index contributed by atoms with van der Waals surface area (Å²) in [6, 6.07) is 8.05. The van der Waals surface area contributed by atoms with Crippen LogP contribution in [-0.2, 0) is 11.2 Å². The highest BCUT2D eigenvalue weighted by Gasteiger charge is 2.24. The van der Waals surface area contributed by atoms with E-state index in [0.717, 1.165) is 36.0 Å². The van der Waals surface area contributed by atoms with E-state index in [1.807, 2.05) is 24.4 Å². The maximum absolute atomic E-state index is 12.3. The number of aromatic nitrogens is 1. The molecular formula is C18H26N4O. The summed E-state index contributed by atoms with van der Waals surface area (Å²) in [5.41, 5.74) is 8.29. The van der Waals surface area contributed by atoms with Crippen molar-refractivity contribution in [2.45, 2.75) is 38.3 Å². The van der Waals surface area contributed by atoms with Gasteiger partial charge in [0.05, 0.1) is 6.04 Å². The van der Waals surface area contributed by atoms with E-state index in [-0.39, 0.29) is 5.91 Å². The van der Waals surface area contributed by atoms with Crippen LogP contribution in [0, 0.1) is 0 Å². The minimum atomic E-state index is -0.509. The zero-order valence-electron chi connectivity index (χ0n) is 13.7. The van der Waals surface area contributed by atoms with Gasteiger partial charge in [0.2, 0.25) is 5.91 Å². The van der Waals surface area contributed by atoms with Crippen LogP contribution in [0.15, 0.2) is 30.5 Å². The first-order valence-corrected chi connectivity index (χ1v) is 8.51. The molecule has 3 rings (SSSR count). The lowest BCUT2D eigenvalue weighted by Crippen LogP contribution is -2.47. The van der Waals surface area contributed by atoms with Crippen molar-refractivity contribution in [1.29, 1.82) is 0 Å². The molecule has 2 aromatic rings. The van der Waals surface area contributed by atoms with Gasteiger partial charge in [-0.25, -0.2) is 0 Å². The molecule has 0 radical (unpaired) electrons. The van der Waals surface area contributed by atoms with Gasteiger partial charge in [-0.15, -0.1) is 0 Å². The molecule has 0 bridgehead atoms. The molecule has 4 N–H and O–H groups in total. The van der Waals surface area contributed by atoms with Crippen molar-refractivity contribution in [3.8, 4) is 0 Å². The molecule has 5 nitrogen and oxygen atoms in total. The highest BCUT2D eigenvalue weighted by Crippen LogP contribution is 2.19. The highest BCUT2D eigenvalue weighted by atomic mass is 16.2. The van der Waals surface area contributed by atoms with Gasteiger partial charge < -0.3 is 16.0 Å². The Hall–Kier alpha value is -1.85. The molecule has 0 aliphatic carbocycles. The number of carbonyl (C=O) groups is 1. The Balaban J connectivity index is 1.55. The number of rotatable bonds is 6. The summed E-state index contributed by atoms with van der Waals surface area (Å²) in [6.07, 6.45) is 4.88. The summed E-state index contributed by atoms with van der Waals surface area (Å²) in [4.78, 5) is 17.9. The van der Waals surface area contributed by atoms with E-state index in [2.05, 4.69) is 28.2 Å². The number of aromatic amines is 1. The Kier molecular flexibility index (Phi) is 4.98. The molecule has 2 heterocycles. The van der Waals surface area contributed by atoms with Gasteiger partial charge in [0, 0.05) is 29.7 Å². The monoisotopic (exact) mass is 314 g/mol. The number of likely N-dealkylation sites (N-methyl/N-ethyl adjacent to an activating group) is 1. The van der Waals surface area contributed by atoms with Crippen LogP contribution in [0.2, 0.25) is 0 Å². The molecule has 1 aliphatic heterocycles. The van der Waals surface area contributed by atoms with Gasteiger partial charge in [0.25, 0.3) is 0 Å². The molecule has 23 heavy (non-hydrogen) atoms. The summed E-state index contributed by atoms with van der Waals surface area (Å²) >= 11 is 0. The summed E-state index contributed by atoms with van der Waals surface area (Å²) in [7, 11) is 0. The second-order valence-electron chi connectivity index (χ2n) is 6.34. The van der Waals surface area contributed by atoms with Crippen LogP contribution in [0.3, 0.4) is 0 Å². The number of amides is 1. The number of H-pyrrole nitrogens is 1. The zero-order chi connectivity index (χ0) is 16.2. The number of hydrogen-bond acceptors (Lipinski definition) is 3. The lowest BCUT2D eigenvalue weighted by atomic mass is 10.0. The van der Waals surface area contributed by atoms with E-state index >= 15 is 0 Å². The molecule has 0 spiro atoms. The normalized spacial score (nSPS) is 20.0. The van der Waals surface area contributed by atoms with Crippen molar-refractivity contribution in [2.75, 3.05) is 19.6 Å². The molecule has 1 fully saturated rings.